The largest absolute Gasteiger partial charge is 0.279 e. The van der Waals surface area contributed by atoms with Crippen LogP contribution in [0.25, 0.3) is 0 Å². The fraction of sp³-hybridized carbons (Fsp3) is 0.143. The van der Waals surface area contributed by atoms with Gasteiger partial charge in [0, 0.05) is 10.7 Å². The monoisotopic (exact) mass is 365 g/mol. The summed E-state index contributed by atoms with van der Waals surface area (Å²) in [4.78, 5) is 3.65. The van der Waals surface area contributed by atoms with Crippen LogP contribution in [0.15, 0.2) is 39.8 Å². The van der Waals surface area contributed by atoms with Crippen molar-refractivity contribution in [2.45, 2.75) is 18.7 Å². The second-order valence-corrected chi connectivity index (χ2v) is 7.05. The SMILES string of the molecule is Cc1cc(Br)cc(C)c1NS(=O)(=O)c1cccnc1C#N. The summed E-state index contributed by atoms with van der Waals surface area (Å²) in [6.45, 7) is 3.62. The Morgan fingerprint density at radius 2 is 1.90 bits per heavy atom. The van der Waals surface area contributed by atoms with E-state index in [-0.39, 0.29) is 10.6 Å². The first-order valence-corrected chi connectivity index (χ1v) is 8.27. The summed E-state index contributed by atoms with van der Waals surface area (Å²) in [6, 6.07) is 8.27. The van der Waals surface area contributed by atoms with Crippen LogP contribution < -0.4 is 4.72 Å². The van der Waals surface area contributed by atoms with Gasteiger partial charge in [-0.2, -0.15) is 5.26 Å². The molecule has 0 saturated heterocycles. The molecule has 0 unspecified atom stereocenters. The number of pyridine rings is 1. The number of nitrogens with zero attached hydrogens (tertiary/aromatic N) is 2. The third-order valence-corrected chi connectivity index (χ3v) is 4.74. The van der Waals surface area contributed by atoms with Crippen LogP contribution in [-0.2, 0) is 10.0 Å². The maximum absolute atomic E-state index is 12.5. The molecule has 1 aromatic heterocycles. The maximum atomic E-state index is 12.5. The van der Waals surface area contributed by atoms with E-state index in [2.05, 4.69) is 25.6 Å². The van der Waals surface area contributed by atoms with E-state index < -0.39 is 10.0 Å². The molecule has 1 aromatic carbocycles. The van der Waals surface area contributed by atoms with Crippen LogP contribution in [-0.4, -0.2) is 13.4 Å². The first-order valence-electron chi connectivity index (χ1n) is 6.00. The lowest BCUT2D eigenvalue weighted by Crippen LogP contribution is -2.16. The Morgan fingerprint density at radius 1 is 1.29 bits per heavy atom. The first kappa shape index (κ1) is 15.5. The lowest BCUT2D eigenvalue weighted by Gasteiger charge is -2.14. The van der Waals surface area contributed by atoms with E-state index >= 15 is 0 Å². The minimum atomic E-state index is -3.86. The molecule has 0 bridgehead atoms. The zero-order chi connectivity index (χ0) is 15.6. The summed E-state index contributed by atoms with van der Waals surface area (Å²) in [5, 5.41) is 8.98. The molecule has 0 saturated carbocycles. The molecule has 108 valence electrons. The average molecular weight is 366 g/mol. The van der Waals surface area contributed by atoms with Crippen molar-refractivity contribution < 1.29 is 8.42 Å². The topological polar surface area (TPSA) is 82.8 Å². The zero-order valence-corrected chi connectivity index (χ0v) is 13.8. The van der Waals surface area contributed by atoms with Crippen LogP contribution >= 0.6 is 15.9 Å². The van der Waals surface area contributed by atoms with Crippen LogP contribution in [0.5, 0.6) is 0 Å². The molecule has 0 aliphatic rings. The molecule has 0 atom stereocenters. The van der Waals surface area contributed by atoms with Crippen LogP contribution in [0.4, 0.5) is 5.69 Å². The molecule has 0 fully saturated rings. The van der Waals surface area contributed by atoms with E-state index in [1.807, 2.05) is 26.0 Å². The van der Waals surface area contributed by atoms with Crippen LogP contribution in [0.2, 0.25) is 0 Å². The zero-order valence-electron chi connectivity index (χ0n) is 11.4. The van der Waals surface area contributed by atoms with Gasteiger partial charge in [0.2, 0.25) is 0 Å². The Hall–Kier alpha value is -1.91. The van der Waals surface area contributed by atoms with Crippen LogP contribution in [0.3, 0.4) is 0 Å². The van der Waals surface area contributed by atoms with Gasteiger partial charge in [-0.25, -0.2) is 13.4 Å². The van der Waals surface area contributed by atoms with E-state index in [9.17, 15) is 8.42 Å². The van der Waals surface area contributed by atoms with Crippen molar-refractivity contribution in [3.8, 4) is 6.07 Å². The standard InChI is InChI=1S/C14H12BrN3O2S/c1-9-6-11(15)7-10(2)14(9)18-21(19,20)13-4-3-5-17-12(13)8-16/h3-7,18H,1-2H3. The van der Waals surface area contributed by atoms with Crippen LogP contribution in [0, 0.1) is 25.2 Å². The number of hydrogen-bond donors (Lipinski definition) is 1. The van der Waals surface area contributed by atoms with E-state index in [0.29, 0.717) is 5.69 Å². The predicted molar refractivity (Wildman–Crippen MR) is 83.4 cm³/mol. The van der Waals surface area contributed by atoms with Gasteiger partial charge in [0.25, 0.3) is 10.0 Å². The van der Waals surface area contributed by atoms with Crippen molar-refractivity contribution in [3.05, 3.63) is 51.8 Å². The van der Waals surface area contributed by atoms with E-state index in [0.717, 1.165) is 15.6 Å². The lowest BCUT2D eigenvalue weighted by atomic mass is 10.1. The summed E-state index contributed by atoms with van der Waals surface area (Å²) in [5.41, 5.74) is 1.95. The van der Waals surface area contributed by atoms with Gasteiger partial charge >= 0.3 is 0 Å². The molecule has 0 amide bonds. The van der Waals surface area contributed by atoms with Crippen molar-refractivity contribution in [2.75, 3.05) is 4.72 Å². The van der Waals surface area contributed by atoms with E-state index in [1.54, 1.807) is 6.07 Å². The number of halogens is 1. The van der Waals surface area contributed by atoms with Crippen LogP contribution in [0.1, 0.15) is 16.8 Å². The van der Waals surface area contributed by atoms with Crippen molar-refractivity contribution in [1.29, 1.82) is 5.26 Å². The summed E-state index contributed by atoms with van der Waals surface area (Å²) >= 11 is 3.36. The van der Waals surface area contributed by atoms with Gasteiger partial charge in [0.1, 0.15) is 11.0 Å². The van der Waals surface area contributed by atoms with Gasteiger partial charge in [0.05, 0.1) is 5.69 Å². The van der Waals surface area contributed by atoms with Gasteiger partial charge in [-0.1, -0.05) is 15.9 Å². The first-order chi connectivity index (χ1) is 9.85. The van der Waals surface area contributed by atoms with Gasteiger partial charge in [-0.05, 0) is 49.2 Å². The van der Waals surface area contributed by atoms with E-state index in [4.69, 9.17) is 5.26 Å². The van der Waals surface area contributed by atoms with Crippen molar-refractivity contribution in [1.82, 2.24) is 4.98 Å². The van der Waals surface area contributed by atoms with E-state index in [1.165, 1.54) is 18.3 Å². The number of benzene rings is 1. The molecule has 2 aromatic rings. The second kappa shape index (κ2) is 5.84. The quantitative estimate of drug-likeness (QED) is 0.905. The Morgan fingerprint density at radius 3 is 2.48 bits per heavy atom. The predicted octanol–water partition coefficient (Wildman–Crippen LogP) is 3.13. The summed E-state index contributed by atoms with van der Waals surface area (Å²) < 4.78 is 28.3. The molecule has 5 nitrogen and oxygen atoms in total. The van der Waals surface area contributed by atoms with Crippen molar-refractivity contribution in [3.63, 3.8) is 0 Å². The highest BCUT2D eigenvalue weighted by Gasteiger charge is 2.21. The van der Waals surface area contributed by atoms with Crippen molar-refractivity contribution >= 4 is 31.6 Å². The highest BCUT2D eigenvalue weighted by Crippen LogP contribution is 2.27. The Labute approximate surface area is 131 Å². The molecule has 0 aliphatic heterocycles. The summed E-state index contributed by atoms with van der Waals surface area (Å²) in [7, 11) is -3.86. The third kappa shape index (κ3) is 3.23. The molecule has 2 rings (SSSR count). The van der Waals surface area contributed by atoms with Crippen molar-refractivity contribution in [2.24, 2.45) is 0 Å². The van der Waals surface area contributed by atoms with Gasteiger partial charge in [-0.15, -0.1) is 0 Å². The molecule has 0 aliphatic carbocycles. The molecule has 0 spiro atoms. The number of nitrogens with one attached hydrogen (secondary N) is 1. The fourth-order valence-electron chi connectivity index (χ4n) is 1.95. The molecule has 21 heavy (non-hydrogen) atoms. The fourth-order valence-corrected chi connectivity index (χ4v) is 3.95. The average Bonchev–Trinajstić information content (AvgIpc) is 2.43. The number of rotatable bonds is 3. The smallest absolute Gasteiger partial charge is 0.264 e. The molecule has 1 heterocycles. The number of aromatic nitrogens is 1. The highest BCUT2D eigenvalue weighted by molar-refractivity contribution is 9.10. The van der Waals surface area contributed by atoms with Gasteiger partial charge < -0.3 is 0 Å². The number of nitriles is 1. The molecule has 7 heteroatoms. The molecular weight excluding hydrogens is 354 g/mol. The summed E-state index contributed by atoms with van der Waals surface area (Å²) in [6.07, 6.45) is 1.38. The lowest BCUT2D eigenvalue weighted by molar-refractivity contribution is 0.600. The maximum Gasteiger partial charge on any atom is 0.264 e. The highest BCUT2D eigenvalue weighted by atomic mass is 79.9. The molecular formula is C14H12BrN3O2S. The second-order valence-electron chi connectivity index (χ2n) is 4.48. The number of hydrogen-bond acceptors (Lipinski definition) is 4. The molecule has 1 N–H and O–H groups in total. The Bertz CT molecular complexity index is 819. The number of aryl methyl sites for hydroxylation is 2. The summed E-state index contributed by atoms with van der Waals surface area (Å²) in [5.74, 6) is 0. The normalized spacial score (nSPS) is 11.0. The minimum Gasteiger partial charge on any atom is -0.279 e. The Balaban J connectivity index is 2.51. The minimum absolute atomic E-state index is 0.127. The Kier molecular flexibility index (Phi) is 4.30. The number of sulfonamides is 1. The third-order valence-electron chi connectivity index (χ3n) is 2.90. The number of anilines is 1. The van der Waals surface area contributed by atoms with Gasteiger partial charge in [-0.3, -0.25) is 4.72 Å². The molecule has 0 radical (unpaired) electrons. The van der Waals surface area contributed by atoms with Gasteiger partial charge in [0.15, 0.2) is 5.69 Å².